The SMILES string of the molecule is CN(C)CCCCNc1ccc([N+](=O)[O-])c2nonc12. The molecule has 0 saturated heterocycles. The maximum Gasteiger partial charge on any atom is 0.300 e. The van der Waals surface area contributed by atoms with Gasteiger partial charge in [0.25, 0.3) is 0 Å². The number of non-ortho nitro benzene ring substituents is 1. The molecule has 2 aromatic rings. The van der Waals surface area contributed by atoms with Crippen LogP contribution in [0.25, 0.3) is 11.0 Å². The fraction of sp³-hybridized carbons (Fsp3) is 0.500. The molecule has 0 radical (unpaired) electrons. The Morgan fingerprint density at radius 3 is 2.75 bits per heavy atom. The molecule has 0 fully saturated rings. The summed E-state index contributed by atoms with van der Waals surface area (Å²) < 4.78 is 4.60. The molecule has 0 aliphatic carbocycles. The van der Waals surface area contributed by atoms with E-state index in [1.807, 2.05) is 14.1 Å². The Kier molecular flexibility index (Phi) is 4.46. The van der Waals surface area contributed by atoms with Crippen molar-refractivity contribution in [3.8, 4) is 0 Å². The Morgan fingerprint density at radius 2 is 2.05 bits per heavy atom. The quantitative estimate of drug-likeness (QED) is 0.469. The molecule has 108 valence electrons. The monoisotopic (exact) mass is 279 g/mol. The Morgan fingerprint density at radius 1 is 1.30 bits per heavy atom. The highest BCUT2D eigenvalue weighted by atomic mass is 16.6. The summed E-state index contributed by atoms with van der Waals surface area (Å²) in [6.07, 6.45) is 2.08. The highest BCUT2D eigenvalue weighted by Gasteiger charge is 2.19. The minimum Gasteiger partial charge on any atom is -0.383 e. The molecule has 20 heavy (non-hydrogen) atoms. The predicted molar refractivity (Wildman–Crippen MR) is 74.7 cm³/mol. The van der Waals surface area contributed by atoms with Gasteiger partial charge in [-0.15, -0.1) is 0 Å². The van der Waals surface area contributed by atoms with Crippen LogP contribution in [0.5, 0.6) is 0 Å². The van der Waals surface area contributed by atoms with Gasteiger partial charge in [0.15, 0.2) is 5.52 Å². The summed E-state index contributed by atoms with van der Waals surface area (Å²) in [4.78, 5) is 12.5. The van der Waals surface area contributed by atoms with Crippen molar-refractivity contribution in [2.75, 3.05) is 32.5 Å². The minimum atomic E-state index is -0.493. The molecule has 0 unspecified atom stereocenters. The van der Waals surface area contributed by atoms with Crippen molar-refractivity contribution in [3.63, 3.8) is 0 Å². The van der Waals surface area contributed by atoms with Crippen molar-refractivity contribution in [3.05, 3.63) is 22.2 Å². The summed E-state index contributed by atoms with van der Waals surface area (Å²) in [6.45, 7) is 1.80. The summed E-state index contributed by atoms with van der Waals surface area (Å²) in [5.41, 5.74) is 1.18. The van der Waals surface area contributed by atoms with E-state index < -0.39 is 4.92 Å². The maximum absolute atomic E-state index is 10.9. The topological polar surface area (TPSA) is 97.3 Å². The van der Waals surface area contributed by atoms with E-state index in [0.717, 1.165) is 25.9 Å². The van der Waals surface area contributed by atoms with Gasteiger partial charge in [-0.05, 0) is 49.9 Å². The van der Waals surface area contributed by atoms with Crippen molar-refractivity contribution in [2.24, 2.45) is 0 Å². The smallest absolute Gasteiger partial charge is 0.300 e. The van der Waals surface area contributed by atoms with Crippen molar-refractivity contribution in [1.82, 2.24) is 15.2 Å². The van der Waals surface area contributed by atoms with Gasteiger partial charge in [0, 0.05) is 12.6 Å². The Labute approximate surface area is 115 Å². The highest BCUT2D eigenvalue weighted by molar-refractivity contribution is 5.93. The number of anilines is 1. The summed E-state index contributed by atoms with van der Waals surface area (Å²) in [5.74, 6) is 0. The second-order valence-corrected chi connectivity index (χ2v) is 4.79. The number of aromatic nitrogens is 2. The van der Waals surface area contributed by atoms with Gasteiger partial charge in [-0.25, -0.2) is 4.63 Å². The van der Waals surface area contributed by atoms with Gasteiger partial charge < -0.3 is 10.2 Å². The van der Waals surface area contributed by atoms with E-state index >= 15 is 0 Å². The van der Waals surface area contributed by atoms with Crippen molar-refractivity contribution in [1.29, 1.82) is 0 Å². The summed E-state index contributed by atoms with van der Waals surface area (Å²) >= 11 is 0. The number of hydrogen-bond donors (Lipinski definition) is 1. The van der Waals surface area contributed by atoms with Gasteiger partial charge in [0.2, 0.25) is 5.52 Å². The zero-order valence-corrected chi connectivity index (χ0v) is 11.5. The van der Waals surface area contributed by atoms with Gasteiger partial charge in [0.05, 0.1) is 10.6 Å². The first-order valence-electron chi connectivity index (χ1n) is 6.38. The zero-order valence-electron chi connectivity index (χ0n) is 11.5. The molecule has 8 heteroatoms. The van der Waals surface area contributed by atoms with Crippen LogP contribution in [0.2, 0.25) is 0 Å². The molecule has 0 spiro atoms. The van der Waals surface area contributed by atoms with Crippen molar-refractivity contribution >= 4 is 22.4 Å². The van der Waals surface area contributed by atoms with Gasteiger partial charge in [0.1, 0.15) is 0 Å². The van der Waals surface area contributed by atoms with E-state index in [9.17, 15) is 10.1 Å². The zero-order chi connectivity index (χ0) is 14.5. The average molecular weight is 279 g/mol. The molecule has 0 bridgehead atoms. The molecule has 0 saturated carbocycles. The molecular formula is C12H17N5O3. The lowest BCUT2D eigenvalue weighted by atomic mass is 10.2. The minimum absolute atomic E-state index is 0.0978. The molecule has 8 nitrogen and oxygen atoms in total. The molecule has 0 amide bonds. The Balaban J connectivity index is 2.02. The van der Waals surface area contributed by atoms with Gasteiger partial charge >= 0.3 is 5.69 Å². The second-order valence-electron chi connectivity index (χ2n) is 4.79. The number of nitrogens with one attached hydrogen (secondary N) is 1. The first-order chi connectivity index (χ1) is 9.59. The number of rotatable bonds is 7. The van der Waals surface area contributed by atoms with E-state index in [2.05, 4.69) is 25.2 Å². The molecule has 0 aliphatic rings. The number of benzene rings is 1. The van der Waals surface area contributed by atoms with E-state index in [-0.39, 0.29) is 11.2 Å². The van der Waals surface area contributed by atoms with Gasteiger partial charge in [-0.1, -0.05) is 0 Å². The van der Waals surface area contributed by atoms with Crippen LogP contribution in [0.15, 0.2) is 16.8 Å². The molecule has 2 rings (SSSR count). The standard InChI is InChI=1S/C12H17N5O3/c1-16(2)8-4-3-7-13-9-5-6-10(17(18)19)12-11(9)14-20-15-12/h5-6,13H,3-4,7-8H2,1-2H3. The van der Waals surface area contributed by atoms with Crippen LogP contribution in [0.1, 0.15) is 12.8 Å². The summed E-state index contributed by atoms with van der Waals surface area (Å²) in [7, 11) is 4.07. The van der Waals surface area contributed by atoms with E-state index in [0.29, 0.717) is 11.2 Å². The Hall–Kier alpha value is -2.22. The second kappa shape index (κ2) is 6.29. The van der Waals surface area contributed by atoms with E-state index in [1.54, 1.807) is 6.07 Å². The third-order valence-corrected chi connectivity index (χ3v) is 2.94. The van der Waals surface area contributed by atoms with Crippen molar-refractivity contribution in [2.45, 2.75) is 12.8 Å². The van der Waals surface area contributed by atoms with Crippen LogP contribution in [-0.4, -0.2) is 47.3 Å². The lowest BCUT2D eigenvalue weighted by Crippen LogP contribution is -2.14. The number of fused-ring (bicyclic) bond motifs is 1. The van der Waals surface area contributed by atoms with Crippen LogP contribution in [-0.2, 0) is 0 Å². The average Bonchev–Trinajstić information content (AvgIpc) is 2.86. The van der Waals surface area contributed by atoms with Crippen LogP contribution < -0.4 is 5.32 Å². The normalized spacial score (nSPS) is 11.2. The number of nitrogens with zero attached hydrogens (tertiary/aromatic N) is 4. The molecular weight excluding hydrogens is 262 g/mol. The molecule has 1 aromatic heterocycles. The fourth-order valence-corrected chi connectivity index (χ4v) is 1.92. The predicted octanol–water partition coefficient (Wildman–Crippen LogP) is 1.88. The largest absolute Gasteiger partial charge is 0.383 e. The highest BCUT2D eigenvalue weighted by Crippen LogP contribution is 2.28. The van der Waals surface area contributed by atoms with Crippen LogP contribution in [0.3, 0.4) is 0 Å². The number of nitro benzene ring substituents is 1. The first-order valence-corrected chi connectivity index (χ1v) is 6.38. The third-order valence-electron chi connectivity index (χ3n) is 2.94. The molecule has 1 heterocycles. The number of unbranched alkanes of at least 4 members (excludes halogenated alkanes) is 1. The van der Waals surface area contributed by atoms with E-state index in [4.69, 9.17) is 0 Å². The lowest BCUT2D eigenvalue weighted by Gasteiger charge is -2.10. The molecule has 0 aliphatic heterocycles. The summed E-state index contributed by atoms with van der Waals surface area (Å²) in [5, 5.41) is 21.4. The first kappa shape index (κ1) is 14.2. The maximum atomic E-state index is 10.9. The number of nitro groups is 1. The van der Waals surface area contributed by atoms with Crippen LogP contribution >= 0.6 is 0 Å². The van der Waals surface area contributed by atoms with E-state index in [1.165, 1.54) is 6.07 Å². The molecule has 1 aromatic carbocycles. The lowest BCUT2D eigenvalue weighted by molar-refractivity contribution is -0.383. The molecule has 1 N–H and O–H groups in total. The number of hydrogen-bond acceptors (Lipinski definition) is 7. The van der Waals surface area contributed by atoms with Gasteiger partial charge in [-0.3, -0.25) is 10.1 Å². The third kappa shape index (κ3) is 3.21. The molecule has 0 atom stereocenters. The Bertz CT molecular complexity index is 596. The van der Waals surface area contributed by atoms with Crippen LogP contribution in [0.4, 0.5) is 11.4 Å². The van der Waals surface area contributed by atoms with Gasteiger partial charge in [-0.2, -0.15) is 0 Å². The fourth-order valence-electron chi connectivity index (χ4n) is 1.92. The van der Waals surface area contributed by atoms with Crippen molar-refractivity contribution < 1.29 is 9.55 Å². The summed E-state index contributed by atoms with van der Waals surface area (Å²) in [6, 6.07) is 3.05. The van der Waals surface area contributed by atoms with Crippen LogP contribution in [0, 0.1) is 10.1 Å².